The van der Waals surface area contributed by atoms with Gasteiger partial charge in [-0.15, -0.1) is 13.2 Å². The minimum atomic E-state index is -4.75. The van der Waals surface area contributed by atoms with E-state index in [1.54, 1.807) is 21.9 Å². The van der Waals surface area contributed by atoms with Crippen LogP contribution in [0.15, 0.2) is 42.5 Å². The quantitative estimate of drug-likeness (QED) is 0.694. The fraction of sp³-hybridized carbons (Fsp3) is 0.350. The van der Waals surface area contributed by atoms with Crippen LogP contribution in [0.5, 0.6) is 5.75 Å². The number of amides is 2. The molecule has 0 aromatic heterocycles. The number of hydrogen-bond acceptors (Lipinski definition) is 4. The summed E-state index contributed by atoms with van der Waals surface area (Å²) < 4.78 is 65.8. The Hall–Kier alpha value is -2.95. The molecule has 0 radical (unpaired) electrons. The van der Waals surface area contributed by atoms with Crippen molar-refractivity contribution in [3.05, 3.63) is 53.6 Å². The first-order valence-corrected chi connectivity index (χ1v) is 11.4. The molecule has 2 amide bonds. The maximum Gasteiger partial charge on any atom is 0.573 e. The number of halogens is 3. The van der Waals surface area contributed by atoms with Gasteiger partial charge in [0.2, 0.25) is 10.0 Å². The van der Waals surface area contributed by atoms with Gasteiger partial charge >= 0.3 is 12.4 Å². The second-order valence-corrected chi connectivity index (χ2v) is 9.35. The van der Waals surface area contributed by atoms with Crippen molar-refractivity contribution in [1.82, 2.24) is 4.90 Å². The molecule has 1 fully saturated rings. The first-order valence-electron chi connectivity index (χ1n) is 9.53. The number of benzene rings is 2. The molecule has 0 atom stereocenters. The van der Waals surface area contributed by atoms with Gasteiger partial charge in [0.15, 0.2) is 0 Å². The molecule has 2 aromatic rings. The van der Waals surface area contributed by atoms with E-state index < -0.39 is 16.4 Å². The van der Waals surface area contributed by atoms with Crippen molar-refractivity contribution >= 4 is 27.4 Å². The van der Waals surface area contributed by atoms with Gasteiger partial charge in [-0.05, 0) is 47.9 Å². The van der Waals surface area contributed by atoms with Crippen LogP contribution in [0.25, 0.3) is 0 Å². The van der Waals surface area contributed by atoms with Crippen molar-refractivity contribution < 1.29 is 31.1 Å². The van der Waals surface area contributed by atoms with Crippen molar-refractivity contribution in [2.45, 2.75) is 19.3 Å². The van der Waals surface area contributed by atoms with E-state index in [-0.39, 0.29) is 18.3 Å². The van der Waals surface area contributed by atoms with Crippen molar-refractivity contribution in [2.75, 3.05) is 35.1 Å². The SMILES string of the molecule is CS(=O)(=O)N1CCc2cc(N3CCN(Cc4ccc(OC(F)(F)F)cc4)C3=O)ccc21. The summed E-state index contributed by atoms with van der Waals surface area (Å²) in [4.78, 5) is 16.1. The summed E-state index contributed by atoms with van der Waals surface area (Å²) in [5.74, 6) is -0.313. The Balaban J connectivity index is 1.44. The summed E-state index contributed by atoms with van der Waals surface area (Å²) in [6.45, 7) is 1.56. The van der Waals surface area contributed by atoms with E-state index in [4.69, 9.17) is 0 Å². The minimum absolute atomic E-state index is 0.214. The summed E-state index contributed by atoms with van der Waals surface area (Å²) in [7, 11) is -3.34. The first kappa shape index (κ1) is 21.3. The van der Waals surface area contributed by atoms with Crippen LogP contribution < -0.4 is 13.9 Å². The van der Waals surface area contributed by atoms with Crippen molar-refractivity contribution in [1.29, 1.82) is 0 Å². The molecule has 1 saturated heterocycles. The monoisotopic (exact) mass is 455 g/mol. The van der Waals surface area contributed by atoms with E-state index in [9.17, 15) is 26.4 Å². The third kappa shape index (κ3) is 4.55. The van der Waals surface area contributed by atoms with Gasteiger partial charge in [0.05, 0.1) is 11.9 Å². The largest absolute Gasteiger partial charge is 0.573 e. The van der Waals surface area contributed by atoms with Crippen molar-refractivity contribution in [3.63, 3.8) is 0 Å². The number of fused-ring (bicyclic) bond motifs is 1. The van der Waals surface area contributed by atoms with Crippen molar-refractivity contribution in [2.24, 2.45) is 0 Å². The zero-order valence-corrected chi connectivity index (χ0v) is 17.4. The van der Waals surface area contributed by atoms with E-state index in [1.807, 2.05) is 6.07 Å². The smallest absolute Gasteiger partial charge is 0.406 e. The Labute approximate surface area is 177 Å². The molecule has 0 unspecified atom stereocenters. The molecular weight excluding hydrogens is 435 g/mol. The molecule has 2 heterocycles. The molecule has 0 aliphatic carbocycles. The number of ether oxygens (including phenoxy) is 1. The molecule has 0 saturated carbocycles. The van der Waals surface area contributed by atoms with Gasteiger partial charge in [-0.1, -0.05) is 12.1 Å². The van der Waals surface area contributed by atoms with Crippen LogP contribution in [0.3, 0.4) is 0 Å². The number of nitrogens with zero attached hydrogens (tertiary/aromatic N) is 3. The maximum atomic E-state index is 12.9. The average Bonchev–Trinajstić information content (AvgIpc) is 3.25. The highest BCUT2D eigenvalue weighted by Gasteiger charge is 2.33. The predicted octanol–water partition coefficient (Wildman–Crippen LogP) is 3.35. The molecule has 2 aromatic carbocycles. The van der Waals surface area contributed by atoms with Crippen LogP contribution in [0.1, 0.15) is 11.1 Å². The maximum absolute atomic E-state index is 12.9. The van der Waals surface area contributed by atoms with Gasteiger partial charge < -0.3 is 9.64 Å². The fourth-order valence-electron chi connectivity index (χ4n) is 3.86. The van der Waals surface area contributed by atoms with E-state index in [2.05, 4.69) is 4.74 Å². The summed E-state index contributed by atoms with van der Waals surface area (Å²) in [5, 5.41) is 0. The standard InChI is InChI=1S/C20H20F3N3O4S/c1-31(28,29)26-9-8-15-12-16(4-7-18(15)26)25-11-10-24(19(25)27)13-14-2-5-17(6-3-14)30-20(21,22)23/h2-7,12H,8-11,13H2,1H3. The topological polar surface area (TPSA) is 70.2 Å². The molecule has 31 heavy (non-hydrogen) atoms. The number of carbonyl (C=O) groups is 1. The average molecular weight is 455 g/mol. The number of sulfonamides is 1. The number of hydrogen-bond donors (Lipinski definition) is 0. The number of urea groups is 1. The number of anilines is 2. The Bertz CT molecular complexity index is 1100. The Morgan fingerprint density at radius 3 is 2.39 bits per heavy atom. The van der Waals surface area contributed by atoms with Gasteiger partial charge in [-0.25, -0.2) is 13.2 Å². The lowest BCUT2D eigenvalue weighted by atomic mass is 10.1. The molecule has 7 nitrogen and oxygen atoms in total. The van der Waals surface area contributed by atoms with Crippen LogP contribution >= 0.6 is 0 Å². The molecule has 2 aliphatic heterocycles. The summed E-state index contributed by atoms with van der Waals surface area (Å²) in [5.41, 5.74) is 2.88. The van der Waals surface area contributed by atoms with Crippen LogP contribution in [-0.4, -0.2) is 51.6 Å². The Morgan fingerprint density at radius 1 is 1.03 bits per heavy atom. The molecule has 0 spiro atoms. The number of rotatable bonds is 5. The highest BCUT2D eigenvalue weighted by Crippen LogP contribution is 2.34. The zero-order chi connectivity index (χ0) is 22.4. The van der Waals surface area contributed by atoms with E-state index >= 15 is 0 Å². The second kappa shape index (κ2) is 7.63. The second-order valence-electron chi connectivity index (χ2n) is 7.45. The summed E-state index contributed by atoms with van der Waals surface area (Å²) in [6.07, 6.45) is -3.00. The Morgan fingerprint density at radius 2 is 1.74 bits per heavy atom. The highest BCUT2D eigenvalue weighted by atomic mass is 32.2. The van der Waals surface area contributed by atoms with Gasteiger partial charge in [-0.2, -0.15) is 0 Å². The van der Waals surface area contributed by atoms with Gasteiger partial charge in [-0.3, -0.25) is 9.21 Å². The summed E-state index contributed by atoms with van der Waals surface area (Å²) >= 11 is 0. The van der Waals surface area contributed by atoms with Crippen LogP contribution in [0.4, 0.5) is 29.3 Å². The predicted molar refractivity (Wildman–Crippen MR) is 109 cm³/mol. The third-order valence-corrected chi connectivity index (χ3v) is 6.43. The Kier molecular flexibility index (Phi) is 5.24. The van der Waals surface area contributed by atoms with Gasteiger partial charge in [0, 0.05) is 31.9 Å². The lowest BCUT2D eigenvalue weighted by Crippen LogP contribution is -2.31. The molecule has 166 valence electrons. The number of alkyl halides is 3. The van der Waals surface area contributed by atoms with E-state index in [1.165, 1.54) is 34.8 Å². The van der Waals surface area contributed by atoms with Gasteiger partial charge in [0.25, 0.3) is 0 Å². The zero-order valence-electron chi connectivity index (χ0n) is 16.6. The molecule has 0 bridgehead atoms. The lowest BCUT2D eigenvalue weighted by molar-refractivity contribution is -0.274. The fourth-order valence-corrected chi connectivity index (χ4v) is 4.81. The van der Waals surface area contributed by atoms with Crippen LogP contribution in [-0.2, 0) is 23.0 Å². The summed E-state index contributed by atoms with van der Waals surface area (Å²) in [6, 6.07) is 10.5. The van der Waals surface area contributed by atoms with Crippen LogP contribution in [0, 0.1) is 0 Å². The van der Waals surface area contributed by atoms with E-state index in [0.717, 1.165) is 5.56 Å². The molecular formula is C20H20F3N3O4S. The normalized spacial score (nSPS) is 16.8. The van der Waals surface area contributed by atoms with E-state index in [0.29, 0.717) is 43.0 Å². The van der Waals surface area contributed by atoms with Crippen LogP contribution in [0.2, 0.25) is 0 Å². The molecule has 0 N–H and O–H groups in total. The minimum Gasteiger partial charge on any atom is -0.406 e. The van der Waals surface area contributed by atoms with Gasteiger partial charge in [0.1, 0.15) is 5.75 Å². The number of carbonyl (C=O) groups excluding carboxylic acids is 1. The highest BCUT2D eigenvalue weighted by molar-refractivity contribution is 7.92. The first-order chi connectivity index (χ1) is 14.5. The third-order valence-electron chi connectivity index (χ3n) is 5.25. The molecule has 11 heteroatoms. The molecule has 4 rings (SSSR count). The van der Waals surface area contributed by atoms with Crippen molar-refractivity contribution in [3.8, 4) is 5.75 Å². The molecule has 2 aliphatic rings. The lowest BCUT2D eigenvalue weighted by Gasteiger charge is -2.20.